The summed E-state index contributed by atoms with van der Waals surface area (Å²) in [7, 11) is -6.67. The summed E-state index contributed by atoms with van der Waals surface area (Å²) in [5, 5.41) is 0. The zero-order valence-corrected chi connectivity index (χ0v) is 25.3. The van der Waals surface area contributed by atoms with Crippen molar-refractivity contribution in [3.05, 3.63) is 27.9 Å². The molecule has 3 aliphatic rings. The molecule has 20 nitrogen and oxygen atoms in total. The number of aromatic amines is 1. The highest BCUT2D eigenvalue weighted by Gasteiger charge is 2.50. The number of rotatable bonds is 3. The lowest BCUT2D eigenvalue weighted by atomic mass is 10.1. The summed E-state index contributed by atoms with van der Waals surface area (Å²) >= 11 is 1.09. The number of imidazole rings is 1. The number of phosphoric ester groups is 1. The van der Waals surface area contributed by atoms with Crippen LogP contribution in [0.25, 0.3) is 22.2 Å². The first kappa shape index (κ1) is 29.8. The molecule has 3 aliphatic heterocycles. The number of fused-ring (bicyclic) bond motifs is 5. The van der Waals surface area contributed by atoms with Gasteiger partial charge in [-0.15, -0.1) is 0 Å². The van der Waals surface area contributed by atoms with Crippen LogP contribution in [0.15, 0.2) is 17.4 Å². The predicted octanol–water partition coefficient (Wildman–Crippen LogP) is 0.434. The van der Waals surface area contributed by atoms with Gasteiger partial charge in [0, 0.05) is 13.5 Å². The molecule has 23 heteroatoms. The average Bonchev–Trinajstić information content (AvgIpc) is 3.75. The van der Waals surface area contributed by atoms with E-state index >= 15 is 0 Å². The van der Waals surface area contributed by atoms with Gasteiger partial charge in [0.05, 0.1) is 30.5 Å². The number of ether oxygens (including phenoxy) is 3. The topological polar surface area (TPSA) is 273 Å². The number of hydrogen-bond acceptors (Lipinski definition) is 18. The molecule has 0 aliphatic carbocycles. The van der Waals surface area contributed by atoms with Crippen LogP contribution in [0.5, 0.6) is 0 Å². The zero-order chi connectivity index (χ0) is 30.7. The number of H-pyrrole nitrogens is 1. The third-order valence-corrected chi connectivity index (χ3v) is 10.2. The quantitative estimate of drug-likeness (QED) is 0.215. The van der Waals surface area contributed by atoms with Gasteiger partial charge in [-0.05, 0) is 11.5 Å². The van der Waals surface area contributed by atoms with E-state index in [1.54, 1.807) is 0 Å². The van der Waals surface area contributed by atoms with E-state index in [1.165, 1.54) is 24.3 Å². The van der Waals surface area contributed by atoms with Crippen LogP contribution >= 0.6 is 27.6 Å². The van der Waals surface area contributed by atoms with E-state index in [1.807, 2.05) is 0 Å². The molecule has 4 aromatic rings. The highest BCUT2D eigenvalue weighted by Crippen LogP contribution is 2.52. The highest BCUT2D eigenvalue weighted by molar-refractivity contribution is 7.47. The average molecular weight is 673 g/mol. The maximum Gasteiger partial charge on any atom is 0.472 e. The molecular formula is C21H25N9O11P2S. The smallest absolute Gasteiger partial charge is 0.382 e. The molecule has 0 aromatic carbocycles. The summed E-state index contributed by atoms with van der Waals surface area (Å²) in [6.45, 7) is -0.835. The van der Waals surface area contributed by atoms with E-state index < -0.39 is 71.1 Å². The molecule has 7 heterocycles. The molecule has 3 fully saturated rings. The number of phosphoric acid groups is 1. The molecular weight excluding hydrogens is 648 g/mol. The molecule has 236 valence electrons. The Kier molecular flexibility index (Phi) is 7.74. The minimum absolute atomic E-state index is 0.0383. The van der Waals surface area contributed by atoms with Crippen molar-refractivity contribution in [1.29, 1.82) is 0 Å². The molecule has 0 radical (unpaired) electrons. The predicted molar refractivity (Wildman–Crippen MR) is 150 cm³/mol. The van der Waals surface area contributed by atoms with Gasteiger partial charge < -0.3 is 35.1 Å². The normalized spacial score (nSPS) is 34.9. The van der Waals surface area contributed by atoms with Crippen LogP contribution in [0.3, 0.4) is 0 Å². The minimum atomic E-state index is -4.73. The fraction of sp³-hybridized carbons (Fsp3) is 0.524. The Labute approximate surface area is 250 Å². The lowest BCUT2D eigenvalue weighted by Crippen LogP contribution is -2.36. The van der Waals surface area contributed by atoms with Crippen LogP contribution in [0, 0.1) is 0 Å². The first-order chi connectivity index (χ1) is 21.1. The fourth-order valence-electron chi connectivity index (χ4n) is 5.43. The molecule has 2 unspecified atom stereocenters. The van der Waals surface area contributed by atoms with Crippen molar-refractivity contribution in [2.45, 2.75) is 49.3 Å². The molecule has 2 bridgehead atoms. The maximum absolute atomic E-state index is 13.2. The van der Waals surface area contributed by atoms with Gasteiger partial charge >= 0.3 is 16.1 Å². The number of aromatic nitrogens is 7. The van der Waals surface area contributed by atoms with Crippen LogP contribution in [0.4, 0.5) is 11.8 Å². The molecule has 0 amide bonds. The summed E-state index contributed by atoms with van der Waals surface area (Å²) in [5.41, 5.74) is 11.9. The van der Waals surface area contributed by atoms with E-state index in [0.29, 0.717) is 15.9 Å². The summed E-state index contributed by atoms with van der Waals surface area (Å²) in [5.74, 6) is 0.0212. The van der Waals surface area contributed by atoms with Crippen LogP contribution in [-0.2, 0) is 41.4 Å². The fourth-order valence-corrected chi connectivity index (χ4v) is 8.10. The first-order valence-corrected chi connectivity index (χ1v) is 16.5. The Bertz CT molecular complexity index is 1850. The van der Waals surface area contributed by atoms with Crippen LogP contribution in [-0.4, -0.2) is 89.6 Å². The molecule has 6 N–H and O–H groups in total. The van der Waals surface area contributed by atoms with Gasteiger partial charge in [0.15, 0.2) is 23.2 Å². The Balaban J connectivity index is 1.18. The van der Waals surface area contributed by atoms with Crippen LogP contribution in [0.2, 0.25) is 0 Å². The van der Waals surface area contributed by atoms with E-state index in [2.05, 4.69) is 29.3 Å². The van der Waals surface area contributed by atoms with Crippen LogP contribution in [0.1, 0.15) is 23.6 Å². The van der Waals surface area contributed by atoms with Gasteiger partial charge in [0.25, 0.3) is 5.56 Å². The Morgan fingerprint density at radius 3 is 2.82 bits per heavy atom. The van der Waals surface area contributed by atoms with Gasteiger partial charge in [-0.1, -0.05) is 0 Å². The van der Waals surface area contributed by atoms with Crippen molar-refractivity contribution < 1.29 is 46.3 Å². The van der Waals surface area contributed by atoms with E-state index in [0.717, 1.165) is 11.5 Å². The number of methoxy groups -OCH3 is 1. The molecule has 0 saturated carbocycles. The molecule has 9 atom stereocenters. The van der Waals surface area contributed by atoms with Crippen molar-refractivity contribution in [2.75, 3.05) is 31.8 Å². The van der Waals surface area contributed by atoms with Gasteiger partial charge in [-0.2, -0.15) is 9.36 Å². The third-order valence-electron chi connectivity index (χ3n) is 7.36. The second kappa shape index (κ2) is 11.5. The number of nitrogens with one attached hydrogen (secondary N) is 1. The SMILES string of the molecule is CO[C@H]1[C@H]2O[PH](=O)OC[C@H]3O[C@@H](c4snc5c(N)ncnc45)C[C@@H]3OP(=O)(O)OC[C@H]1O[C@H]2n1cnc2c(=O)[nH]c(N)nc21. The highest BCUT2D eigenvalue weighted by atomic mass is 32.1. The summed E-state index contributed by atoms with van der Waals surface area (Å²) in [4.78, 5) is 42.4. The Morgan fingerprint density at radius 2 is 2.00 bits per heavy atom. The maximum atomic E-state index is 13.2. The Morgan fingerprint density at radius 1 is 1.16 bits per heavy atom. The van der Waals surface area contributed by atoms with E-state index in [4.69, 9.17) is 43.8 Å². The monoisotopic (exact) mass is 673 g/mol. The van der Waals surface area contributed by atoms with Gasteiger partial charge in [-0.3, -0.25) is 32.5 Å². The molecule has 0 spiro atoms. The number of nitrogen functional groups attached to an aromatic ring is 2. The lowest BCUT2D eigenvalue weighted by molar-refractivity contribution is -0.0598. The summed E-state index contributed by atoms with van der Waals surface area (Å²) in [6.07, 6.45) is -4.29. The Hall–Kier alpha value is -2.94. The molecule has 3 saturated heterocycles. The molecule has 4 aromatic heterocycles. The van der Waals surface area contributed by atoms with E-state index in [-0.39, 0.29) is 36.0 Å². The van der Waals surface area contributed by atoms with Crippen molar-refractivity contribution in [1.82, 2.24) is 33.9 Å². The number of hydrogen-bond donors (Lipinski definition) is 4. The molecule has 7 rings (SSSR count). The summed E-state index contributed by atoms with van der Waals surface area (Å²) in [6, 6.07) is 0. The summed E-state index contributed by atoms with van der Waals surface area (Å²) < 4.78 is 72.1. The standard InChI is InChI=1S/C21H25N9O11P2S/c1-35-14-10-4-37-43(33,34)41-7-2-8(16-11-12(29-44-16)17(22)25-5-24-11)38-9(7)3-36-42(32)40-15(14)20(39-10)30-6-26-13-18(30)27-21(23)28-19(13)31/h5-10,14-15,20,42H,2-4H2,1H3,(H,33,34)(H2,22,24,25)(H3,23,27,28,31)/t7-,8+,9+,10+,14+,15+,20+/m0/s1. The van der Waals surface area contributed by atoms with Crippen molar-refractivity contribution in [2.24, 2.45) is 0 Å². The van der Waals surface area contributed by atoms with Gasteiger partial charge in [0.1, 0.15) is 47.9 Å². The lowest BCUT2D eigenvalue weighted by Gasteiger charge is -2.24. The van der Waals surface area contributed by atoms with Crippen molar-refractivity contribution in [3.8, 4) is 0 Å². The number of nitrogens with two attached hydrogens (primary N) is 2. The largest absolute Gasteiger partial charge is 0.472 e. The number of anilines is 2. The van der Waals surface area contributed by atoms with Gasteiger partial charge in [-0.25, -0.2) is 19.5 Å². The van der Waals surface area contributed by atoms with Crippen molar-refractivity contribution >= 4 is 61.6 Å². The third kappa shape index (κ3) is 5.33. The second-order valence-corrected chi connectivity index (χ2v) is 13.2. The van der Waals surface area contributed by atoms with Crippen LogP contribution < -0.4 is 17.0 Å². The van der Waals surface area contributed by atoms with E-state index in [9.17, 15) is 18.8 Å². The first-order valence-electron chi connectivity index (χ1n) is 13.0. The van der Waals surface area contributed by atoms with Gasteiger partial charge in [0.2, 0.25) is 5.95 Å². The minimum Gasteiger partial charge on any atom is -0.382 e. The molecule has 44 heavy (non-hydrogen) atoms. The zero-order valence-electron chi connectivity index (χ0n) is 22.5. The number of nitrogens with zero attached hydrogens (tertiary/aromatic N) is 6. The second-order valence-electron chi connectivity index (χ2n) is 9.99. The van der Waals surface area contributed by atoms with Crippen molar-refractivity contribution in [3.63, 3.8) is 0 Å².